The lowest BCUT2D eigenvalue weighted by Crippen LogP contribution is -2.13. The van der Waals surface area contributed by atoms with Gasteiger partial charge in [-0.05, 0) is 19.8 Å². The summed E-state index contributed by atoms with van der Waals surface area (Å²) in [5.74, 6) is 0.574. The molecule has 0 aliphatic heterocycles. The van der Waals surface area contributed by atoms with E-state index in [4.69, 9.17) is 11.6 Å². The Kier molecular flexibility index (Phi) is 2.12. The summed E-state index contributed by atoms with van der Waals surface area (Å²) in [6, 6.07) is 0. The molecule has 0 radical (unpaired) electrons. The predicted molar refractivity (Wildman–Crippen MR) is 49.7 cm³/mol. The minimum Gasteiger partial charge on any atom is -0.297 e. The lowest BCUT2D eigenvalue weighted by molar-refractivity contribution is -0.121. The van der Waals surface area contributed by atoms with Crippen LogP contribution < -0.4 is 0 Å². The van der Waals surface area contributed by atoms with Gasteiger partial charge in [-0.2, -0.15) is 5.10 Å². The topological polar surface area (TPSA) is 34.9 Å². The summed E-state index contributed by atoms with van der Waals surface area (Å²) in [6.07, 6.45) is 3.68. The Balaban J connectivity index is 2.08. The van der Waals surface area contributed by atoms with Crippen LogP contribution in [0.5, 0.6) is 0 Å². The van der Waals surface area contributed by atoms with E-state index in [1.54, 1.807) is 10.9 Å². The quantitative estimate of drug-likeness (QED) is 0.743. The van der Waals surface area contributed by atoms with Gasteiger partial charge in [-0.15, -0.1) is 0 Å². The van der Waals surface area contributed by atoms with Gasteiger partial charge in [0.1, 0.15) is 6.54 Å². The molecule has 1 aliphatic carbocycles. The van der Waals surface area contributed by atoms with Gasteiger partial charge in [0.25, 0.3) is 0 Å². The van der Waals surface area contributed by atoms with Crippen molar-refractivity contribution in [2.24, 2.45) is 5.92 Å². The first kappa shape index (κ1) is 8.75. The number of halogens is 1. The average molecular weight is 199 g/mol. The molecule has 0 N–H and O–H groups in total. The normalized spacial score (nSPS) is 16.2. The number of ketones is 1. The molecule has 3 nitrogen and oxygen atoms in total. The Morgan fingerprint density at radius 2 is 2.46 bits per heavy atom. The molecule has 13 heavy (non-hydrogen) atoms. The highest BCUT2D eigenvalue weighted by Gasteiger charge is 2.29. The highest BCUT2D eigenvalue weighted by molar-refractivity contribution is 6.31. The van der Waals surface area contributed by atoms with Crippen molar-refractivity contribution in [3.8, 4) is 0 Å². The number of carbonyl (C=O) groups is 1. The van der Waals surface area contributed by atoms with E-state index in [2.05, 4.69) is 5.10 Å². The molecule has 1 fully saturated rings. The zero-order valence-corrected chi connectivity index (χ0v) is 8.21. The Morgan fingerprint density at radius 3 is 2.92 bits per heavy atom. The number of rotatable bonds is 3. The first-order valence-corrected chi connectivity index (χ1v) is 4.77. The SMILES string of the molecule is Cc1c(Cl)cnn1CC(=O)C1CC1. The molecule has 0 amide bonds. The van der Waals surface area contributed by atoms with Gasteiger partial charge in [-0.25, -0.2) is 0 Å². The first-order valence-electron chi connectivity index (χ1n) is 4.39. The molecule has 1 saturated carbocycles. The van der Waals surface area contributed by atoms with Crippen LogP contribution in [0.2, 0.25) is 5.02 Å². The molecule has 1 aliphatic rings. The van der Waals surface area contributed by atoms with Crippen LogP contribution in [0.3, 0.4) is 0 Å². The van der Waals surface area contributed by atoms with E-state index in [1.165, 1.54) is 0 Å². The van der Waals surface area contributed by atoms with Gasteiger partial charge in [0.05, 0.1) is 16.9 Å². The largest absolute Gasteiger partial charge is 0.297 e. The van der Waals surface area contributed by atoms with Gasteiger partial charge in [-0.1, -0.05) is 11.6 Å². The molecular weight excluding hydrogens is 188 g/mol. The molecule has 0 unspecified atom stereocenters. The number of aromatic nitrogens is 2. The summed E-state index contributed by atoms with van der Waals surface area (Å²) in [4.78, 5) is 11.4. The van der Waals surface area contributed by atoms with E-state index in [1.807, 2.05) is 6.92 Å². The Morgan fingerprint density at radius 1 is 1.77 bits per heavy atom. The van der Waals surface area contributed by atoms with E-state index < -0.39 is 0 Å². The number of carbonyl (C=O) groups excluding carboxylic acids is 1. The van der Waals surface area contributed by atoms with Crippen molar-refractivity contribution in [3.63, 3.8) is 0 Å². The molecule has 1 aromatic rings. The zero-order valence-electron chi connectivity index (χ0n) is 7.46. The van der Waals surface area contributed by atoms with Crippen LogP contribution >= 0.6 is 11.6 Å². The molecule has 2 rings (SSSR count). The summed E-state index contributed by atoms with van der Waals surface area (Å²) in [7, 11) is 0. The summed E-state index contributed by atoms with van der Waals surface area (Å²) < 4.78 is 1.67. The second-order valence-corrected chi connectivity index (χ2v) is 3.88. The van der Waals surface area contributed by atoms with Gasteiger partial charge < -0.3 is 0 Å². The van der Waals surface area contributed by atoms with Crippen molar-refractivity contribution in [2.45, 2.75) is 26.3 Å². The Bertz CT molecular complexity index is 341. The highest BCUT2D eigenvalue weighted by atomic mass is 35.5. The van der Waals surface area contributed by atoms with Crippen LogP contribution in [0.15, 0.2) is 6.20 Å². The molecular formula is C9H11ClN2O. The summed E-state index contributed by atoms with van der Waals surface area (Å²) in [6.45, 7) is 2.25. The molecule has 0 bridgehead atoms. The van der Waals surface area contributed by atoms with Crippen molar-refractivity contribution >= 4 is 17.4 Å². The second kappa shape index (κ2) is 3.14. The number of hydrogen-bond acceptors (Lipinski definition) is 2. The smallest absolute Gasteiger partial charge is 0.157 e. The maximum absolute atomic E-state index is 11.4. The van der Waals surface area contributed by atoms with Gasteiger partial charge in [0, 0.05) is 5.92 Å². The minimum atomic E-state index is 0.280. The third-order valence-corrected chi connectivity index (χ3v) is 2.75. The van der Waals surface area contributed by atoms with Crippen molar-refractivity contribution in [1.82, 2.24) is 9.78 Å². The molecule has 0 spiro atoms. The maximum atomic E-state index is 11.4. The molecule has 1 aromatic heterocycles. The minimum absolute atomic E-state index is 0.280. The molecule has 4 heteroatoms. The fourth-order valence-electron chi connectivity index (χ4n) is 1.27. The van der Waals surface area contributed by atoms with Crippen LogP contribution in [-0.2, 0) is 11.3 Å². The summed E-state index contributed by atoms with van der Waals surface area (Å²) in [5.41, 5.74) is 0.871. The lowest BCUT2D eigenvalue weighted by atomic mass is 10.2. The fraction of sp³-hybridized carbons (Fsp3) is 0.556. The van der Waals surface area contributed by atoms with Gasteiger partial charge >= 0.3 is 0 Å². The molecule has 0 aromatic carbocycles. The summed E-state index contributed by atoms with van der Waals surface area (Å²) >= 11 is 5.81. The van der Waals surface area contributed by atoms with Crippen LogP contribution in [0.4, 0.5) is 0 Å². The van der Waals surface area contributed by atoms with Crippen molar-refractivity contribution in [3.05, 3.63) is 16.9 Å². The molecule has 70 valence electrons. The standard InChI is InChI=1S/C9H11ClN2O/c1-6-8(10)4-11-12(6)5-9(13)7-2-3-7/h4,7H,2-3,5H2,1H3. The number of Topliss-reactive ketones (excluding diaryl/α,β-unsaturated/α-hetero) is 1. The van der Waals surface area contributed by atoms with E-state index in [-0.39, 0.29) is 5.78 Å². The lowest BCUT2D eigenvalue weighted by Gasteiger charge is -2.01. The monoisotopic (exact) mass is 198 g/mol. The van der Waals surface area contributed by atoms with Crippen LogP contribution in [0.25, 0.3) is 0 Å². The fourth-order valence-corrected chi connectivity index (χ4v) is 1.41. The second-order valence-electron chi connectivity index (χ2n) is 3.48. The van der Waals surface area contributed by atoms with Crippen molar-refractivity contribution in [2.75, 3.05) is 0 Å². The van der Waals surface area contributed by atoms with Gasteiger partial charge in [-0.3, -0.25) is 9.48 Å². The first-order chi connectivity index (χ1) is 6.18. The number of nitrogens with zero attached hydrogens (tertiary/aromatic N) is 2. The average Bonchev–Trinajstić information content (AvgIpc) is 2.89. The van der Waals surface area contributed by atoms with Crippen molar-refractivity contribution < 1.29 is 4.79 Å². The zero-order chi connectivity index (χ0) is 9.42. The Hall–Kier alpha value is -0.830. The molecule has 0 atom stereocenters. The van der Waals surface area contributed by atoms with Gasteiger partial charge in [0.15, 0.2) is 5.78 Å². The number of hydrogen-bond donors (Lipinski definition) is 0. The van der Waals surface area contributed by atoms with Crippen LogP contribution in [0, 0.1) is 12.8 Å². The van der Waals surface area contributed by atoms with Crippen LogP contribution in [0.1, 0.15) is 18.5 Å². The predicted octanol–water partition coefficient (Wildman–Crippen LogP) is 1.82. The Labute approximate surface area is 81.7 Å². The molecule has 1 heterocycles. The summed E-state index contributed by atoms with van der Waals surface area (Å²) in [5, 5.41) is 4.66. The maximum Gasteiger partial charge on any atom is 0.157 e. The van der Waals surface area contributed by atoms with Gasteiger partial charge in [0.2, 0.25) is 0 Å². The third-order valence-electron chi connectivity index (χ3n) is 2.38. The van der Waals surface area contributed by atoms with E-state index in [0.717, 1.165) is 18.5 Å². The highest BCUT2D eigenvalue weighted by Crippen LogP contribution is 2.30. The van der Waals surface area contributed by atoms with E-state index >= 15 is 0 Å². The van der Waals surface area contributed by atoms with E-state index in [9.17, 15) is 4.79 Å². The van der Waals surface area contributed by atoms with Crippen LogP contribution in [-0.4, -0.2) is 15.6 Å². The van der Waals surface area contributed by atoms with Crippen molar-refractivity contribution in [1.29, 1.82) is 0 Å². The molecule has 0 saturated heterocycles. The third kappa shape index (κ3) is 1.75. The van der Waals surface area contributed by atoms with E-state index in [0.29, 0.717) is 17.5 Å².